The first-order valence-electron chi connectivity index (χ1n) is 5.38. The van der Waals surface area contributed by atoms with Crippen LogP contribution < -0.4 is 4.74 Å². The predicted molar refractivity (Wildman–Crippen MR) is 64.5 cm³/mol. The highest BCUT2D eigenvalue weighted by Crippen LogP contribution is 2.31. The molecule has 0 bridgehead atoms. The zero-order valence-corrected chi connectivity index (χ0v) is 9.06. The van der Waals surface area contributed by atoms with Crippen molar-refractivity contribution >= 4 is 11.4 Å². The van der Waals surface area contributed by atoms with Crippen LogP contribution in [0.2, 0.25) is 0 Å². The van der Waals surface area contributed by atoms with Gasteiger partial charge in [0.05, 0.1) is 5.71 Å². The minimum atomic E-state index is -0.304. The van der Waals surface area contributed by atoms with E-state index in [0.29, 0.717) is 18.0 Å². The Morgan fingerprint density at radius 1 is 1.06 bits per heavy atom. The van der Waals surface area contributed by atoms with Crippen LogP contribution in [0.15, 0.2) is 53.5 Å². The molecule has 17 heavy (non-hydrogen) atoms. The minimum absolute atomic E-state index is 0.304. The highest BCUT2D eigenvalue weighted by molar-refractivity contribution is 6.04. The summed E-state index contributed by atoms with van der Waals surface area (Å²) in [6.45, 7) is 0.375. The maximum Gasteiger partial charge on any atom is 0.148 e. The van der Waals surface area contributed by atoms with Crippen LogP contribution in [-0.2, 0) is 0 Å². The molecule has 0 radical (unpaired) electrons. The van der Waals surface area contributed by atoms with E-state index in [0.717, 1.165) is 11.3 Å². The van der Waals surface area contributed by atoms with Gasteiger partial charge in [0.1, 0.15) is 23.9 Å². The molecule has 0 spiro atoms. The van der Waals surface area contributed by atoms with E-state index in [2.05, 4.69) is 4.99 Å². The zero-order valence-electron chi connectivity index (χ0n) is 9.06. The van der Waals surface area contributed by atoms with Crippen molar-refractivity contribution in [3.8, 4) is 5.75 Å². The van der Waals surface area contributed by atoms with Crippen molar-refractivity contribution in [1.82, 2.24) is 0 Å². The van der Waals surface area contributed by atoms with Gasteiger partial charge in [0.15, 0.2) is 0 Å². The summed E-state index contributed by atoms with van der Waals surface area (Å²) in [5, 5.41) is 0. The lowest BCUT2D eigenvalue weighted by molar-refractivity contribution is 0.370. The molecule has 3 rings (SSSR count). The van der Waals surface area contributed by atoms with Crippen molar-refractivity contribution in [1.29, 1.82) is 0 Å². The lowest BCUT2D eigenvalue weighted by Gasteiger charge is -2.16. The summed E-state index contributed by atoms with van der Waals surface area (Å²) in [5.74, 6) is 0.201. The number of hydrogen-bond donors (Lipinski definition) is 0. The van der Waals surface area contributed by atoms with Gasteiger partial charge >= 0.3 is 0 Å². The van der Waals surface area contributed by atoms with Gasteiger partial charge in [-0.3, -0.25) is 0 Å². The molecule has 2 aromatic carbocycles. The van der Waals surface area contributed by atoms with Crippen molar-refractivity contribution < 1.29 is 9.13 Å². The summed E-state index contributed by atoms with van der Waals surface area (Å²) in [6.07, 6.45) is 0. The molecule has 84 valence electrons. The van der Waals surface area contributed by atoms with E-state index in [1.807, 2.05) is 30.3 Å². The Hall–Kier alpha value is -2.16. The highest BCUT2D eigenvalue weighted by Gasteiger charge is 2.14. The van der Waals surface area contributed by atoms with Gasteiger partial charge in [-0.05, 0) is 17.7 Å². The Labute approximate surface area is 98.4 Å². The van der Waals surface area contributed by atoms with Gasteiger partial charge in [-0.15, -0.1) is 0 Å². The smallest absolute Gasteiger partial charge is 0.148 e. The second-order valence-electron chi connectivity index (χ2n) is 3.83. The van der Waals surface area contributed by atoms with Gasteiger partial charge in [0.25, 0.3) is 0 Å². The lowest BCUT2D eigenvalue weighted by Crippen LogP contribution is -2.16. The van der Waals surface area contributed by atoms with Crippen LogP contribution in [0.4, 0.5) is 10.1 Å². The monoisotopic (exact) mass is 227 g/mol. The molecule has 0 aliphatic carbocycles. The summed E-state index contributed by atoms with van der Waals surface area (Å²) >= 11 is 0. The fourth-order valence-corrected chi connectivity index (χ4v) is 1.80. The van der Waals surface area contributed by atoms with E-state index < -0.39 is 0 Å². The maximum absolute atomic E-state index is 13.0. The standard InChI is InChI=1S/C14H10FNO/c15-11-6-7-12-14(8-11)17-9-13(16-12)10-4-2-1-3-5-10/h1-8H,9H2. The molecule has 0 unspecified atom stereocenters. The Kier molecular flexibility index (Phi) is 2.37. The van der Waals surface area contributed by atoms with E-state index in [9.17, 15) is 4.39 Å². The normalized spacial score (nSPS) is 13.6. The van der Waals surface area contributed by atoms with Gasteiger partial charge in [0, 0.05) is 6.07 Å². The second kappa shape index (κ2) is 4.01. The van der Waals surface area contributed by atoms with Crippen molar-refractivity contribution in [2.45, 2.75) is 0 Å². The largest absolute Gasteiger partial charge is 0.485 e. The van der Waals surface area contributed by atoms with Crippen molar-refractivity contribution in [3.63, 3.8) is 0 Å². The number of hydrogen-bond acceptors (Lipinski definition) is 2. The van der Waals surface area contributed by atoms with Gasteiger partial charge in [-0.1, -0.05) is 30.3 Å². The quantitative estimate of drug-likeness (QED) is 0.732. The van der Waals surface area contributed by atoms with E-state index in [1.54, 1.807) is 6.07 Å². The van der Waals surface area contributed by atoms with Crippen LogP contribution in [0.1, 0.15) is 5.56 Å². The molecular formula is C14H10FNO. The average molecular weight is 227 g/mol. The number of rotatable bonds is 1. The van der Waals surface area contributed by atoms with Crippen LogP contribution in [0, 0.1) is 5.82 Å². The molecule has 0 atom stereocenters. The number of fused-ring (bicyclic) bond motifs is 1. The van der Waals surface area contributed by atoms with Crippen molar-refractivity contribution in [2.24, 2.45) is 4.99 Å². The number of ether oxygens (including phenoxy) is 1. The summed E-state index contributed by atoms with van der Waals surface area (Å²) in [5.41, 5.74) is 2.57. The molecule has 0 fully saturated rings. The molecule has 0 saturated heterocycles. The third-order valence-corrected chi connectivity index (χ3v) is 2.65. The van der Waals surface area contributed by atoms with Crippen LogP contribution in [-0.4, -0.2) is 12.3 Å². The lowest BCUT2D eigenvalue weighted by atomic mass is 10.1. The molecule has 1 aliphatic heterocycles. The molecule has 1 heterocycles. The SMILES string of the molecule is Fc1ccc2c(c1)OCC(c1ccccc1)=N2. The van der Waals surface area contributed by atoms with Gasteiger partial charge < -0.3 is 4.74 Å². The van der Waals surface area contributed by atoms with E-state index >= 15 is 0 Å². The van der Waals surface area contributed by atoms with E-state index in [1.165, 1.54) is 12.1 Å². The van der Waals surface area contributed by atoms with Crippen LogP contribution in [0.25, 0.3) is 0 Å². The number of benzene rings is 2. The van der Waals surface area contributed by atoms with Crippen molar-refractivity contribution in [3.05, 3.63) is 59.9 Å². The Balaban J connectivity index is 2.03. The Bertz CT molecular complexity index is 578. The molecule has 0 saturated carbocycles. The van der Waals surface area contributed by atoms with Crippen molar-refractivity contribution in [2.75, 3.05) is 6.61 Å². The third kappa shape index (κ3) is 1.91. The first-order valence-corrected chi connectivity index (χ1v) is 5.38. The van der Waals surface area contributed by atoms with E-state index in [-0.39, 0.29) is 5.82 Å². The fourth-order valence-electron chi connectivity index (χ4n) is 1.80. The summed E-state index contributed by atoms with van der Waals surface area (Å²) in [7, 11) is 0. The topological polar surface area (TPSA) is 21.6 Å². The Morgan fingerprint density at radius 2 is 1.88 bits per heavy atom. The molecule has 2 nitrogen and oxygen atoms in total. The van der Waals surface area contributed by atoms with Crippen LogP contribution in [0.3, 0.4) is 0 Å². The fraction of sp³-hybridized carbons (Fsp3) is 0.0714. The van der Waals surface area contributed by atoms with Crippen LogP contribution in [0.5, 0.6) is 5.75 Å². The zero-order chi connectivity index (χ0) is 11.7. The Morgan fingerprint density at radius 3 is 2.71 bits per heavy atom. The van der Waals surface area contributed by atoms with Gasteiger partial charge in [0.2, 0.25) is 0 Å². The number of nitrogens with zero attached hydrogens (tertiary/aromatic N) is 1. The average Bonchev–Trinajstić information content (AvgIpc) is 2.39. The molecule has 1 aliphatic rings. The summed E-state index contributed by atoms with van der Waals surface area (Å²) in [4.78, 5) is 4.48. The maximum atomic E-state index is 13.0. The molecule has 2 aromatic rings. The second-order valence-corrected chi connectivity index (χ2v) is 3.83. The van der Waals surface area contributed by atoms with Crippen LogP contribution >= 0.6 is 0 Å². The predicted octanol–water partition coefficient (Wildman–Crippen LogP) is 3.34. The minimum Gasteiger partial charge on any atom is -0.485 e. The number of aliphatic imine (C=N–C) groups is 1. The first kappa shape index (κ1) is 10.0. The molecule has 0 amide bonds. The first-order chi connectivity index (χ1) is 8.33. The number of halogens is 1. The van der Waals surface area contributed by atoms with E-state index in [4.69, 9.17) is 4.74 Å². The summed E-state index contributed by atoms with van der Waals surface area (Å²) in [6, 6.07) is 14.2. The molecule has 0 aromatic heterocycles. The molecule has 0 N–H and O–H groups in total. The summed E-state index contributed by atoms with van der Waals surface area (Å²) < 4.78 is 18.5. The highest BCUT2D eigenvalue weighted by atomic mass is 19.1. The van der Waals surface area contributed by atoms with Gasteiger partial charge in [-0.2, -0.15) is 0 Å². The van der Waals surface area contributed by atoms with Gasteiger partial charge in [-0.25, -0.2) is 9.38 Å². The molecular weight excluding hydrogens is 217 g/mol. The molecule has 3 heteroatoms. The third-order valence-electron chi connectivity index (χ3n) is 2.65.